The lowest BCUT2D eigenvalue weighted by molar-refractivity contribution is -0.161. The number of hydrogen-bond acceptors (Lipinski definition) is 15. The first-order valence-electron chi connectivity index (χ1n) is 39.9. The zero-order chi connectivity index (χ0) is 70.9. The van der Waals surface area contributed by atoms with Gasteiger partial charge in [-0.2, -0.15) is 0 Å². The van der Waals surface area contributed by atoms with Crippen LogP contribution in [0, 0.1) is 17.8 Å². The Morgan fingerprint density at radius 1 is 0.302 bits per heavy atom. The molecule has 3 unspecified atom stereocenters. The molecule has 0 aromatic rings. The van der Waals surface area contributed by atoms with Crippen LogP contribution in [0.3, 0.4) is 0 Å². The molecule has 0 amide bonds. The second-order valence-corrected chi connectivity index (χ2v) is 31.8. The molecular formula is C77H150O17P2. The average molecular weight is 1410 g/mol. The highest BCUT2D eigenvalue weighted by atomic mass is 31.2. The lowest BCUT2D eigenvalue weighted by Gasteiger charge is -2.21. The van der Waals surface area contributed by atoms with Gasteiger partial charge in [0.15, 0.2) is 12.2 Å². The van der Waals surface area contributed by atoms with Crippen molar-refractivity contribution in [2.24, 2.45) is 17.8 Å². The summed E-state index contributed by atoms with van der Waals surface area (Å²) in [5.74, 6) is 0.220. The minimum absolute atomic E-state index is 0.105. The van der Waals surface area contributed by atoms with Crippen LogP contribution < -0.4 is 0 Å². The molecule has 0 rings (SSSR count). The number of esters is 4. The van der Waals surface area contributed by atoms with E-state index in [4.69, 9.17) is 37.0 Å². The van der Waals surface area contributed by atoms with Crippen LogP contribution in [0.15, 0.2) is 0 Å². The Morgan fingerprint density at radius 3 is 0.792 bits per heavy atom. The van der Waals surface area contributed by atoms with E-state index in [1.807, 2.05) is 0 Å². The Balaban J connectivity index is 5.20. The average Bonchev–Trinajstić information content (AvgIpc) is 1.10. The van der Waals surface area contributed by atoms with Gasteiger partial charge in [0, 0.05) is 25.7 Å². The second-order valence-electron chi connectivity index (χ2n) is 28.9. The number of rotatable bonds is 75. The molecule has 570 valence electrons. The summed E-state index contributed by atoms with van der Waals surface area (Å²) in [6, 6.07) is 0. The van der Waals surface area contributed by atoms with Crippen molar-refractivity contribution in [3.05, 3.63) is 0 Å². The fraction of sp³-hybridized carbons (Fsp3) is 0.948. The molecule has 6 atom stereocenters. The first kappa shape index (κ1) is 94.1. The summed E-state index contributed by atoms with van der Waals surface area (Å²) < 4.78 is 68.5. The predicted molar refractivity (Wildman–Crippen MR) is 391 cm³/mol. The lowest BCUT2D eigenvalue weighted by Crippen LogP contribution is -2.30. The number of phosphoric ester groups is 2. The van der Waals surface area contributed by atoms with Crippen LogP contribution in [0.5, 0.6) is 0 Å². The quantitative estimate of drug-likeness (QED) is 0.0222. The van der Waals surface area contributed by atoms with Crippen LogP contribution in [-0.2, 0) is 65.4 Å². The normalized spacial score (nSPS) is 14.3. The van der Waals surface area contributed by atoms with Crippen molar-refractivity contribution >= 4 is 39.5 Å². The van der Waals surface area contributed by atoms with Crippen molar-refractivity contribution in [1.82, 2.24) is 0 Å². The number of ether oxygens (including phenoxy) is 4. The zero-order valence-electron chi connectivity index (χ0n) is 62.8. The third kappa shape index (κ3) is 69.2. The van der Waals surface area contributed by atoms with Crippen LogP contribution >= 0.6 is 15.6 Å². The smallest absolute Gasteiger partial charge is 0.462 e. The minimum Gasteiger partial charge on any atom is -0.462 e. The molecule has 0 spiro atoms. The van der Waals surface area contributed by atoms with Gasteiger partial charge >= 0.3 is 39.5 Å². The summed E-state index contributed by atoms with van der Waals surface area (Å²) in [5, 5.41) is 10.6. The number of unbranched alkanes of at least 4 members (excludes halogenated alkanes) is 42. The Hall–Kier alpha value is -1.94. The van der Waals surface area contributed by atoms with Gasteiger partial charge in [0.1, 0.15) is 19.3 Å². The van der Waals surface area contributed by atoms with Crippen LogP contribution in [0.2, 0.25) is 0 Å². The summed E-state index contributed by atoms with van der Waals surface area (Å²) in [7, 11) is -9.91. The molecule has 19 heteroatoms. The van der Waals surface area contributed by atoms with Crippen molar-refractivity contribution in [3.63, 3.8) is 0 Å². The number of carbonyl (C=O) groups excluding carboxylic acids is 4. The van der Waals surface area contributed by atoms with Gasteiger partial charge in [0.05, 0.1) is 26.4 Å². The summed E-state index contributed by atoms with van der Waals surface area (Å²) in [6.07, 6.45) is 54.2. The molecule has 0 saturated carbocycles. The van der Waals surface area contributed by atoms with Gasteiger partial charge in [-0.15, -0.1) is 0 Å². The number of hydrogen-bond donors (Lipinski definition) is 3. The van der Waals surface area contributed by atoms with Crippen molar-refractivity contribution in [3.8, 4) is 0 Å². The molecule has 0 aromatic carbocycles. The molecule has 17 nitrogen and oxygen atoms in total. The molecule has 0 radical (unpaired) electrons. The third-order valence-corrected chi connectivity index (χ3v) is 20.1. The number of carbonyl (C=O) groups is 4. The molecule has 96 heavy (non-hydrogen) atoms. The fourth-order valence-electron chi connectivity index (χ4n) is 11.7. The molecule has 0 bridgehead atoms. The fourth-order valence-corrected chi connectivity index (χ4v) is 13.3. The van der Waals surface area contributed by atoms with Gasteiger partial charge in [-0.1, -0.05) is 344 Å². The van der Waals surface area contributed by atoms with Crippen molar-refractivity contribution in [1.29, 1.82) is 0 Å². The van der Waals surface area contributed by atoms with Crippen molar-refractivity contribution in [2.45, 2.75) is 414 Å². The molecule has 0 aliphatic heterocycles. The maximum Gasteiger partial charge on any atom is 0.472 e. The van der Waals surface area contributed by atoms with E-state index in [-0.39, 0.29) is 25.7 Å². The van der Waals surface area contributed by atoms with Crippen LogP contribution in [0.1, 0.15) is 395 Å². The minimum atomic E-state index is -4.96. The van der Waals surface area contributed by atoms with E-state index in [2.05, 4.69) is 48.5 Å². The Kier molecular flexibility index (Phi) is 66.2. The highest BCUT2D eigenvalue weighted by Gasteiger charge is 2.30. The Bertz CT molecular complexity index is 1870. The molecule has 0 heterocycles. The summed E-state index contributed by atoms with van der Waals surface area (Å²) in [5.41, 5.74) is 0. The molecule has 3 N–H and O–H groups in total. The molecule has 0 saturated heterocycles. The van der Waals surface area contributed by atoms with E-state index in [0.717, 1.165) is 108 Å². The van der Waals surface area contributed by atoms with Gasteiger partial charge in [-0.25, -0.2) is 9.13 Å². The molecular weight excluding hydrogens is 1260 g/mol. The van der Waals surface area contributed by atoms with Gasteiger partial charge in [-0.05, 0) is 43.4 Å². The third-order valence-electron chi connectivity index (χ3n) is 18.2. The zero-order valence-corrected chi connectivity index (χ0v) is 64.6. The maximum absolute atomic E-state index is 13.1. The van der Waals surface area contributed by atoms with E-state index in [9.17, 15) is 43.2 Å². The lowest BCUT2D eigenvalue weighted by atomic mass is 9.99. The predicted octanol–water partition coefficient (Wildman–Crippen LogP) is 22.6. The summed E-state index contributed by atoms with van der Waals surface area (Å²) in [6.45, 7) is 11.9. The van der Waals surface area contributed by atoms with E-state index in [1.165, 1.54) is 199 Å². The molecule has 0 aromatic heterocycles. The van der Waals surface area contributed by atoms with E-state index in [0.29, 0.717) is 31.6 Å². The van der Waals surface area contributed by atoms with Gasteiger partial charge in [0.2, 0.25) is 0 Å². The van der Waals surface area contributed by atoms with E-state index < -0.39 is 97.5 Å². The SMILES string of the molecule is CCCCCCCCCCCCC(=O)O[C@H](COC(=O)CCCCCCCCC(C)C)COP(=O)(O)OC[C@H](O)COP(=O)(O)OC[C@@H](COC(=O)CCCCCCCCCCCCCCCCC(C)CC)OC(=O)CCCCCCCCCCCCCCCCCCC(C)C. The van der Waals surface area contributed by atoms with Crippen LogP contribution in [0.25, 0.3) is 0 Å². The van der Waals surface area contributed by atoms with Crippen LogP contribution in [-0.4, -0.2) is 96.7 Å². The Morgan fingerprint density at radius 2 is 0.531 bits per heavy atom. The topological polar surface area (TPSA) is 237 Å². The van der Waals surface area contributed by atoms with Gasteiger partial charge in [0.25, 0.3) is 0 Å². The molecule has 0 fully saturated rings. The standard InChI is InChI=1S/C77H150O17P2/c1-8-10-11-12-13-14-31-37-46-53-60-76(81)94-73(65-88-75(80)59-52-45-40-39-42-49-56-69(5)6)67-92-96(85,86)90-63-71(78)62-89-95(83,84)91-66-72(64-87-74(79)58-51-44-36-32-27-23-20-19-22-26-30-35-43-50-57-70(7)9-2)93-77(82)61-54-47-38-33-28-24-18-16-15-17-21-25-29-34-41-48-55-68(3)4/h68-73,78H,8-67H2,1-7H3,(H,83,84)(H,85,86)/t70?,71-,72-,73-/m1/s1. The van der Waals surface area contributed by atoms with Gasteiger partial charge < -0.3 is 33.8 Å². The maximum atomic E-state index is 13.1. The van der Waals surface area contributed by atoms with Gasteiger partial charge in [-0.3, -0.25) is 37.3 Å². The summed E-state index contributed by atoms with van der Waals surface area (Å²) in [4.78, 5) is 72.7. The first-order valence-corrected chi connectivity index (χ1v) is 42.9. The molecule has 0 aliphatic carbocycles. The van der Waals surface area contributed by atoms with Crippen molar-refractivity contribution < 1.29 is 80.2 Å². The van der Waals surface area contributed by atoms with Crippen LogP contribution in [0.4, 0.5) is 0 Å². The number of aliphatic hydroxyl groups excluding tert-OH is 1. The van der Waals surface area contributed by atoms with E-state index >= 15 is 0 Å². The van der Waals surface area contributed by atoms with E-state index in [1.54, 1.807) is 0 Å². The van der Waals surface area contributed by atoms with Crippen molar-refractivity contribution in [2.75, 3.05) is 39.6 Å². The highest BCUT2D eigenvalue weighted by Crippen LogP contribution is 2.45. The first-order chi connectivity index (χ1) is 46.3. The second kappa shape index (κ2) is 67.5. The monoisotopic (exact) mass is 1410 g/mol. The highest BCUT2D eigenvalue weighted by molar-refractivity contribution is 7.47. The summed E-state index contributed by atoms with van der Waals surface area (Å²) >= 11 is 0. The number of phosphoric acid groups is 2. The largest absolute Gasteiger partial charge is 0.472 e. The number of aliphatic hydroxyl groups is 1. The molecule has 0 aliphatic rings. The Labute approximate surface area is 588 Å².